The molecule has 1 saturated heterocycles. The number of aliphatic carboxylic acids is 1. The summed E-state index contributed by atoms with van der Waals surface area (Å²) in [5, 5.41) is 12.7. The zero-order chi connectivity index (χ0) is 14.2. The van der Waals surface area contributed by atoms with Gasteiger partial charge in [-0.05, 0) is 0 Å². The summed E-state index contributed by atoms with van der Waals surface area (Å²) in [6.45, 7) is 0.144. The van der Waals surface area contributed by atoms with Crippen LogP contribution in [0.3, 0.4) is 0 Å². The van der Waals surface area contributed by atoms with Crippen molar-refractivity contribution < 1.29 is 18.3 Å². The monoisotopic (exact) mass is 325 g/mol. The molecule has 2 heterocycles. The Morgan fingerprint density at radius 1 is 1.63 bits per heavy atom. The maximum absolute atomic E-state index is 12.5. The van der Waals surface area contributed by atoms with Gasteiger partial charge in [-0.15, -0.1) is 0 Å². The molecule has 1 N–H and O–H groups in total. The molecular weight excluding hydrogens is 314 g/mol. The van der Waals surface area contributed by atoms with Crippen LogP contribution in [0.1, 0.15) is 0 Å². The van der Waals surface area contributed by atoms with Crippen LogP contribution >= 0.6 is 23.4 Å². The van der Waals surface area contributed by atoms with Gasteiger partial charge in [-0.2, -0.15) is 21.2 Å². The Morgan fingerprint density at radius 2 is 2.32 bits per heavy atom. The minimum Gasteiger partial charge on any atom is -0.480 e. The highest BCUT2D eigenvalue weighted by Crippen LogP contribution is 2.28. The van der Waals surface area contributed by atoms with Crippen molar-refractivity contribution in [3.63, 3.8) is 0 Å². The highest BCUT2D eigenvalue weighted by atomic mass is 35.5. The van der Waals surface area contributed by atoms with Gasteiger partial charge >= 0.3 is 5.97 Å². The smallest absolute Gasteiger partial charge is 0.322 e. The predicted octanol–water partition coefficient (Wildman–Crippen LogP) is 0.264. The molecule has 1 aliphatic heterocycles. The van der Waals surface area contributed by atoms with Gasteiger partial charge in [0.05, 0.1) is 11.2 Å². The lowest BCUT2D eigenvalue weighted by atomic mass is 10.3. The van der Waals surface area contributed by atoms with E-state index in [9.17, 15) is 13.2 Å². The fourth-order valence-electron chi connectivity index (χ4n) is 1.87. The van der Waals surface area contributed by atoms with Crippen molar-refractivity contribution in [3.05, 3.63) is 11.2 Å². The molecule has 0 saturated carbocycles. The number of sulfonamides is 1. The number of aromatic nitrogens is 2. The number of rotatable bonds is 3. The summed E-state index contributed by atoms with van der Waals surface area (Å²) in [7, 11) is -2.51. The molecule has 1 aromatic rings. The molecular formula is C9H12ClN3O4S2. The standard InChI is InChI=1S/C9H12ClN3O4S2/c1-12-8(6(10)4-11-12)19(16,17)13-2-3-18-5-7(13)9(14)15/h4,7H,2-3,5H2,1H3,(H,14,15). The van der Waals surface area contributed by atoms with Gasteiger partial charge in [0.2, 0.25) is 0 Å². The van der Waals surface area contributed by atoms with Gasteiger partial charge < -0.3 is 5.11 Å². The number of nitrogens with zero attached hydrogens (tertiary/aromatic N) is 3. The average Bonchev–Trinajstić information content (AvgIpc) is 2.69. The van der Waals surface area contributed by atoms with Crippen LogP contribution in [0.15, 0.2) is 11.2 Å². The lowest BCUT2D eigenvalue weighted by molar-refractivity contribution is -0.140. The number of halogens is 1. The van der Waals surface area contributed by atoms with Gasteiger partial charge in [-0.25, -0.2) is 8.42 Å². The van der Waals surface area contributed by atoms with E-state index in [1.807, 2.05) is 0 Å². The van der Waals surface area contributed by atoms with E-state index in [0.717, 1.165) is 8.99 Å². The summed E-state index contributed by atoms with van der Waals surface area (Å²) in [5.41, 5.74) is 0. The first-order valence-corrected chi connectivity index (χ1v) is 8.33. The van der Waals surface area contributed by atoms with Crippen molar-refractivity contribution in [3.8, 4) is 0 Å². The molecule has 7 nitrogen and oxygen atoms in total. The van der Waals surface area contributed by atoms with Crippen molar-refractivity contribution in [1.29, 1.82) is 0 Å². The molecule has 1 atom stereocenters. The van der Waals surface area contributed by atoms with Gasteiger partial charge in [0.25, 0.3) is 10.0 Å². The SMILES string of the molecule is Cn1ncc(Cl)c1S(=O)(=O)N1CCSCC1C(=O)O. The second kappa shape index (κ2) is 5.31. The highest BCUT2D eigenvalue weighted by Gasteiger charge is 2.40. The Bertz CT molecular complexity index is 581. The highest BCUT2D eigenvalue weighted by molar-refractivity contribution is 7.99. The van der Waals surface area contributed by atoms with Crippen molar-refractivity contribution in [1.82, 2.24) is 14.1 Å². The van der Waals surface area contributed by atoms with E-state index in [1.165, 1.54) is 25.0 Å². The van der Waals surface area contributed by atoms with Crippen molar-refractivity contribution in [2.75, 3.05) is 18.1 Å². The molecule has 0 amide bonds. The van der Waals surface area contributed by atoms with Gasteiger partial charge in [0.1, 0.15) is 6.04 Å². The topological polar surface area (TPSA) is 92.5 Å². The molecule has 1 fully saturated rings. The van der Waals surface area contributed by atoms with Gasteiger partial charge in [0.15, 0.2) is 5.03 Å². The summed E-state index contributed by atoms with van der Waals surface area (Å²) < 4.78 is 27.1. The molecule has 0 spiro atoms. The molecule has 106 valence electrons. The molecule has 10 heteroatoms. The van der Waals surface area contributed by atoms with E-state index >= 15 is 0 Å². The first-order chi connectivity index (χ1) is 8.85. The number of aryl methyl sites for hydroxylation is 1. The van der Waals surface area contributed by atoms with Crippen LogP contribution in [0.2, 0.25) is 5.02 Å². The quantitative estimate of drug-likeness (QED) is 0.857. The van der Waals surface area contributed by atoms with E-state index in [1.54, 1.807) is 0 Å². The number of thioether (sulfide) groups is 1. The maximum Gasteiger partial charge on any atom is 0.322 e. The fourth-order valence-corrected chi connectivity index (χ4v) is 5.31. The Morgan fingerprint density at radius 3 is 2.84 bits per heavy atom. The number of carboxylic acids is 1. The van der Waals surface area contributed by atoms with Crippen LogP contribution in [0, 0.1) is 0 Å². The molecule has 1 unspecified atom stereocenters. The number of carbonyl (C=O) groups is 1. The minimum absolute atomic E-state index is 0.00938. The van der Waals surface area contributed by atoms with E-state index in [0.29, 0.717) is 5.75 Å². The summed E-state index contributed by atoms with van der Waals surface area (Å²) in [5.74, 6) is -0.378. The Hall–Kier alpha value is -0.770. The zero-order valence-electron chi connectivity index (χ0n) is 9.98. The van der Waals surface area contributed by atoms with Crippen LogP contribution in [0.4, 0.5) is 0 Å². The lowest BCUT2D eigenvalue weighted by Crippen LogP contribution is -2.50. The van der Waals surface area contributed by atoms with Crippen LogP contribution < -0.4 is 0 Å². The van der Waals surface area contributed by atoms with Crippen LogP contribution in [-0.2, 0) is 21.9 Å². The Balaban J connectivity index is 2.46. The van der Waals surface area contributed by atoms with E-state index < -0.39 is 22.0 Å². The first-order valence-electron chi connectivity index (χ1n) is 5.35. The second-order valence-electron chi connectivity index (χ2n) is 3.97. The minimum atomic E-state index is -3.97. The van der Waals surface area contributed by atoms with Crippen molar-refractivity contribution in [2.24, 2.45) is 7.05 Å². The molecule has 0 bridgehead atoms. The second-order valence-corrected chi connectivity index (χ2v) is 7.33. The van der Waals surface area contributed by atoms with Gasteiger partial charge in [0, 0.05) is 25.1 Å². The van der Waals surface area contributed by atoms with Gasteiger partial charge in [-0.1, -0.05) is 11.6 Å². The first kappa shape index (κ1) is 14.6. The average molecular weight is 326 g/mol. The van der Waals surface area contributed by atoms with Crippen molar-refractivity contribution in [2.45, 2.75) is 11.1 Å². The predicted molar refractivity (Wildman–Crippen MR) is 70.9 cm³/mol. The molecule has 1 aromatic heterocycles. The Kier molecular flexibility index (Phi) is 4.09. The van der Waals surface area contributed by atoms with E-state index in [2.05, 4.69) is 5.10 Å². The third-order valence-electron chi connectivity index (χ3n) is 2.76. The largest absolute Gasteiger partial charge is 0.480 e. The summed E-state index contributed by atoms with van der Waals surface area (Å²) in [6.07, 6.45) is 1.23. The van der Waals surface area contributed by atoms with Gasteiger partial charge in [-0.3, -0.25) is 9.48 Å². The number of hydrogen-bond donors (Lipinski definition) is 1. The summed E-state index contributed by atoms with van der Waals surface area (Å²) in [4.78, 5) is 11.2. The normalized spacial score (nSPS) is 21.5. The lowest BCUT2D eigenvalue weighted by Gasteiger charge is -2.31. The number of hydrogen-bond acceptors (Lipinski definition) is 5. The van der Waals surface area contributed by atoms with Crippen LogP contribution in [0.5, 0.6) is 0 Å². The molecule has 0 aromatic carbocycles. The van der Waals surface area contributed by atoms with Crippen LogP contribution in [-0.4, -0.2) is 57.7 Å². The molecule has 19 heavy (non-hydrogen) atoms. The molecule has 1 aliphatic rings. The zero-order valence-corrected chi connectivity index (χ0v) is 12.4. The maximum atomic E-state index is 12.5. The van der Waals surface area contributed by atoms with Crippen molar-refractivity contribution >= 4 is 39.4 Å². The molecule has 0 aliphatic carbocycles. The third kappa shape index (κ3) is 2.60. The summed E-state index contributed by atoms with van der Waals surface area (Å²) >= 11 is 7.25. The number of carboxylic acid groups (broad SMARTS) is 1. The van der Waals surface area contributed by atoms with E-state index in [-0.39, 0.29) is 22.3 Å². The molecule has 2 rings (SSSR count). The molecule has 0 radical (unpaired) electrons. The summed E-state index contributed by atoms with van der Waals surface area (Å²) in [6, 6.07) is -1.07. The fraction of sp³-hybridized carbons (Fsp3) is 0.556. The third-order valence-corrected chi connectivity index (χ3v) is 6.20. The Labute approximate surface area is 119 Å². The van der Waals surface area contributed by atoms with E-state index in [4.69, 9.17) is 16.7 Å². The van der Waals surface area contributed by atoms with Crippen LogP contribution in [0.25, 0.3) is 0 Å².